The zero-order valence-corrected chi connectivity index (χ0v) is 22.0. The molecule has 0 bridgehead atoms. The molecule has 10 heteroatoms. The van der Waals surface area contributed by atoms with Crippen molar-refractivity contribution in [1.29, 1.82) is 0 Å². The van der Waals surface area contributed by atoms with Gasteiger partial charge in [-0.25, -0.2) is 9.97 Å². The summed E-state index contributed by atoms with van der Waals surface area (Å²) in [5, 5.41) is 12.3. The first-order valence-corrected chi connectivity index (χ1v) is 12.4. The molecule has 0 aliphatic carbocycles. The van der Waals surface area contributed by atoms with Gasteiger partial charge in [0.25, 0.3) is 0 Å². The summed E-state index contributed by atoms with van der Waals surface area (Å²) in [6, 6.07) is 5.62. The molecule has 0 atom stereocenters. The van der Waals surface area contributed by atoms with E-state index >= 15 is 0 Å². The third kappa shape index (κ3) is 4.44. The van der Waals surface area contributed by atoms with Gasteiger partial charge in [0.15, 0.2) is 5.82 Å². The van der Waals surface area contributed by atoms with Gasteiger partial charge in [-0.2, -0.15) is 5.10 Å². The van der Waals surface area contributed by atoms with E-state index in [1.807, 2.05) is 63.9 Å². The van der Waals surface area contributed by atoms with Crippen LogP contribution >= 0.6 is 11.6 Å². The highest BCUT2D eigenvalue weighted by Crippen LogP contribution is 2.38. The first-order chi connectivity index (χ1) is 17.4. The first kappa shape index (κ1) is 24.3. The number of fused-ring (bicyclic) bond motifs is 1. The topological polar surface area (TPSA) is 94.1 Å². The zero-order chi connectivity index (χ0) is 25.4. The van der Waals surface area contributed by atoms with E-state index in [1.54, 1.807) is 0 Å². The standard InChI is InChI=1S/C26H30ClN7O2/c1-15-24(23-16(2)32-36-17(23)3)30-25(20-11-19(7-8-21(20)27)35-10-6-9-28-4)31-26(15)34-13-18-12-29-33(5)22(18)14-34/h7-8,11-12,28H,6,9-10,13-14H2,1-5H3. The molecule has 5 rings (SSSR count). The van der Waals surface area contributed by atoms with Gasteiger partial charge >= 0.3 is 0 Å². The number of halogens is 1. The van der Waals surface area contributed by atoms with Gasteiger partial charge in [-0.15, -0.1) is 0 Å². The Hall–Kier alpha value is -3.43. The Morgan fingerprint density at radius 1 is 1.17 bits per heavy atom. The van der Waals surface area contributed by atoms with Gasteiger partial charge in [0.05, 0.1) is 47.0 Å². The fourth-order valence-electron chi connectivity index (χ4n) is 4.64. The molecule has 1 N–H and O–H groups in total. The van der Waals surface area contributed by atoms with Crippen molar-refractivity contribution < 1.29 is 9.26 Å². The minimum Gasteiger partial charge on any atom is -0.494 e. The van der Waals surface area contributed by atoms with Crippen LogP contribution in [0.2, 0.25) is 5.02 Å². The molecule has 0 amide bonds. The number of ether oxygens (including phenoxy) is 1. The Morgan fingerprint density at radius 2 is 2.00 bits per heavy atom. The molecule has 0 radical (unpaired) electrons. The summed E-state index contributed by atoms with van der Waals surface area (Å²) in [5.41, 5.74) is 6.52. The highest BCUT2D eigenvalue weighted by Gasteiger charge is 2.28. The lowest BCUT2D eigenvalue weighted by Crippen LogP contribution is -2.20. The number of benzene rings is 1. The van der Waals surface area contributed by atoms with Crippen LogP contribution in [0.3, 0.4) is 0 Å². The maximum absolute atomic E-state index is 6.68. The van der Waals surface area contributed by atoms with Gasteiger partial charge in [-0.05, 0) is 59.0 Å². The van der Waals surface area contributed by atoms with Crippen LogP contribution in [-0.4, -0.2) is 45.1 Å². The van der Waals surface area contributed by atoms with Gasteiger partial charge in [-0.1, -0.05) is 16.8 Å². The Morgan fingerprint density at radius 3 is 2.72 bits per heavy atom. The van der Waals surface area contributed by atoms with Crippen LogP contribution in [0.15, 0.2) is 28.9 Å². The SMILES string of the molecule is CNCCCOc1ccc(Cl)c(-c2nc(-c3c(C)noc3C)c(C)c(N3Cc4cnn(C)c4C3)n2)c1. The number of aromatic nitrogens is 5. The van der Waals surface area contributed by atoms with Crippen molar-refractivity contribution in [1.82, 2.24) is 30.2 Å². The van der Waals surface area contributed by atoms with E-state index in [4.69, 9.17) is 30.8 Å². The molecule has 4 aromatic rings. The van der Waals surface area contributed by atoms with E-state index in [1.165, 1.54) is 11.3 Å². The Bertz CT molecular complexity index is 1390. The van der Waals surface area contributed by atoms with Gasteiger partial charge in [0.2, 0.25) is 0 Å². The van der Waals surface area contributed by atoms with Crippen LogP contribution in [0.4, 0.5) is 5.82 Å². The summed E-state index contributed by atoms with van der Waals surface area (Å²) in [7, 11) is 3.90. The molecule has 9 nitrogen and oxygen atoms in total. The lowest BCUT2D eigenvalue weighted by atomic mass is 10.0. The smallest absolute Gasteiger partial charge is 0.163 e. The van der Waals surface area contributed by atoms with Crippen molar-refractivity contribution in [3.63, 3.8) is 0 Å². The van der Waals surface area contributed by atoms with Crippen molar-refractivity contribution in [3.8, 4) is 28.4 Å². The van der Waals surface area contributed by atoms with E-state index in [-0.39, 0.29) is 0 Å². The van der Waals surface area contributed by atoms with Crippen LogP contribution in [0.1, 0.15) is 34.7 Å². The molecule has 0 fully saturated rings. The van der Waals surface area contributed by atoms with Crippen molar-refractivity contribution in [2.45, 2.75) is 40.3 Å². The Kier molecular flexibility index (Phi) is 6.68. The maximum atomic E-state index is 6.68. The Labute approximate surface area is 215 Å². The summed E-state index contributed by atoms with van der Waals surface area (Å²) in [6.07, 6.45) is 2.83. The second-order valence-electron chi connectivity index (χ2n) is 9.09. The predicted octanol–water partition coefficient (Wildman–Crippen LogP) is 4.62. The summed E-state index contributed by atoms with van der Waals surface area (Å²) in [6.45, 7) is 8.81. The summed E-state index contributed by atoms with van der Waals surface area (Å²) in [5.74, 6) is 2.83. The van der Waals surface area contributed by atoms with E-state index in [0.29, 0.717) is 29.8 Å². The number of aryl methyl sites for hydroxylation is 3. The van der Waals surface area contributed by atoms with Gasteiger partial charge < -0.3 is 19.5 Å². The first-order valence-electron chi connectivity index (χ1n) is 12.0. The van der Waals surface area contributed by atoms with E-state index < -0.39 is 0 Å². The number of anilines is 1. The van der Waals surface area contributed by atoms with Gasteiger partial charge in [0.1, 0.15) is 17.3 Å². The number of rotatable bonds is 8. The van der Waals surface area contributed by atoms with Crippen LogP contribution < -0.4 is 15.0 Å². The quantitative estimate of drug-likeness (QED) is 0.345. The number of nitrogens with one attached hydrogen (secondary N) is 1. The normalized spacial score (nSPS) is 12.9. The van der Waals surface area contributed by atoms with Crippen molar-refractivity contribution in [2.24, 2.45) is 7.05 Å². The van der Waals surface area contributed by atoms with Crippen molar-refractivity contribution >= 4 is 17.4 Å². The van der Waals surface area contributed by atoms with Crippen molar-refractivity contribution in [3.05, 3.63) is 57.7 Å². The maximum Gasteiger partial charge on any atom is 0.163 e. The van der Waals surface area contributed by atoms with Gasteiger partial charge in [0, 0.05) is 30.3 Å². The fourth-order valence-corrected chi connectivity index (χ4v) is 4.84. The molecule has 1 aliphatic heterocycles. The molecular formula is C26H30ClN7O2. The molecule has 1 aliphatic rings. The molecule has 0 unspecified atom stereocenters. The predicted molar refractivity (Wildman–Crippen MR) is 139 cm³/mol. The van der Waals surface area contributed by atoms with Gasteiger partial charge in [-0.3, -0.25) is 4.68 Å². The lowest BCUT2D eigenvalue weighted by molar-refractivity contribution is 0.310. The van der Waals surface area contributed by atoms with Crippen molar-refractivity contribution in [2.75, 3.05) is 25.1 Å². The van der Waals surface area contributed by atoms with E-state index in [2.05, 4.69) is 20.5 Å². The zero-order valence-electron chi connectivity index (χ0n) is 21.2. The molecule has 0 saturated carbocycles. The van der Waals surface area contributed by atoms with Crippen LogP contribution in [0.25, 0.3) is 22.6 Å². The molecule has 3 aromatic heterocycles. The minimum atomic E-state index is 0.533. The van der Waals surface area contributed by atoms with Crippen LogP contribution in [0.5, 0.6) is 5.75 Å². The fraction of sp³-hybridized carbons (Fsp3) is 0.385. The second kappa shape index (κ2) is 9.91. The Balaban J connectivity index is 1.60. The third-order valence-electron chi connectivity index (χ3n) is 6.56. The molecule has 0 spiro atoms. The molecule has 36 heavy (non-hydrogen) atoms. The number of hydrogen-bond donors (Lipinski definition) is 1. The molecule has 1 aromatic carbocycles. The van der Waals surface area contributed by atoms with E-state index in [9.17, 15) is 0 Å². The third-order valence-corrected chi connectivity index (χ3v) is 6.89. The highest BCUT2D eigenvalue weighted by atomic mass is 35.5. The lowest BCUT2D eigenvalue weighted by Gasteiger charge is -2.22. The summed E-state index contributed by atoms with van der Waals surface area (Å²) in [4.78, 5) is 12.3. The molecular weight excluding hydrogens is 478 g/mol. The highest BCUT2D eigenvalue weighted by molar-refractivity contribution is 6.33. The number of nitrogens with zero attached hydrogens (tertiary/aromatic N) is 6. The summed E-state index contributed by atoms with van der Waals surface area (Å²) < 4.78 is 13.4. The number of hydrogen-bond acceptors (Lipinski definition) is 8. The largest absolute Gasteiger partial charge is 0.494 e. The molecule has 4 heterocycles. The second-order valence-corrected chi connectivity index (χ2v) is 9.49. The molecule has 0 saturated heterocycles. The monoisotopic (exact) mass is 507 g/mol. The minimum absolute atomic E-state index is 0.533. The summed E-state index contributed by atoms with van der Waals surface area (Å²) >= 11 is 6.68. The van der Waals surface area contributed by atoms with Crippen LogP contribution in [0, 0.1) is 20.8 Å². The van der Waals surface area contributed by atoms with E-state index in [0.717, 1.165) is 59.2 Å². The average Bonchev–Trinajstić information content (AvgIpc) is 3.54. The average molecular weight is 508 g/mol. The molecule has 188 valence electrons. The van der Waals surface area contributed by atoms with Crippen LogP contribution in [-0.2, 0) is 20.1 Å².